The van der Waals surface area contributed by atoms with E-state index in [9.17, 15) is 18.3 Å². The molecule has 0 aliphatic carbocycles. The van der Waals surface area contributed by atoms with E-state index in [2.05, 4.69) is 10.2 Å². The van der Waals surface area contributed by atoms with Crippen molar-refractivity contribution in [3.8, 4) is 17.4 Å². The van der Waals surface area contributed by atoms with Crippen molar-refractivity contribution in [2.75, 3.05) is 25.1 Å². The summed E-state index contributed by atoms with van der Waals surface area (Å²) in [4.78, 5) is 12.8. The van der Waals surface area contributed by atoms with Gasteiger partial charge in [0.1, 0.15) is 6.54 Å². The quantitative estimate of drug-likeness (QED) is 0.334. The molecule has 3 aromatic carbocycles. The summed E-state index contributed by atoms with van der Waals surface area (Å²) in [6, 6.07) is 18.0. The first kappa shape index (κ1) is 25.7. The van der Waals surface area contributed by atoms with Crippen LogP contribution in [0.15, 0.2) is 81.9 Å². The van der Waals surface area contributed by atoms with Gasteiger partial charge in [-0.2, -0.15) is 0 Å². The van der Waals surface area contributed by atoms with Crippen LogP contribution in [0.5, 0.6) is 17.4 Å². The molecule has 1 N–H and O–H groups in total. The standard InChI is InChI=1S/C26H26N4O6S/c1-17-9-11-18(12-10-17)30(37(33,34)19-13-14-22(35-3)23(15-19)36-4)16-24(31)27-28-25-20-7-5-6-8-21(20)29(2)26(25)32/h5-15,32H,16H2,1-4H3. The number of methoxy groups -OCH3 is 2. The lowest BCUT2D eigenvalue weighted by molar-refractivity contribution is -0.116. The Hall–Kier alpha value is -4.38. The monoisotopic (exact) mass is 522 g/mol. The maximum Gasteiger partial charge on any atom is 0.285 e. The Labute approximate surface area is 214 Å². The molecular formula is C26H26N4O6S. The number of carbonyl (C=O) groups excluding carboxylic acids is 1. The van der Waals surface area contributed by atoms with Crippen molar-refractivity contribution in [2.45, 2.75) is 11.8 Å². The average molecular weight is 523 g/mol. The van der Waals surface area contributed by atoms with E-state index >= 15 is 0 Å². The molecule has 0 bridgehead atoms. The highest BCUT2D eigenvalue weighted by Gasteiger charge is 2.28. The number of carbonyl (C=O) groups is 1. The van der Waals surface area contributed by atoms with Gasteiger partial charge in [-0.15, -0.1) is 10.2 Å². The van der Waals surface area contributed by atoms with Crippen LogP contribution < -0.4 is 13.8 Å². The summed E-state index contributed by atoms with van der Waals surface area (Å²) in [5.74, 6) is -0.393. The van der Waals surface area contributed by atoms with Crippen LogP contribution in [0.25, 0.3) is 10.9 Å². The maximum absolute atomic E-state index is 13.7. The predicted molar refractivity (Wildman–Crippen MR) is 139 cm³/mol. The third-order valence-corrected chi connectivity index (χ3v) is 7.63. The van der Waals surface area contributed by atoms with E-state index in [4.69, 9.17) is 9.47 Å². The van der Waals surface area contributed by atoms with Gasteiger partial charge in [-0.05, 0) is 37.3 Å². The van der Waals surface area contributed by atoms with Gasteiger partial charge in [-0.3, -0.25) is 9.10 Å². The zero-order valence-electron chi connectivity index (χ0n) is 20.7. The molecule has 0 fully saturated rings. The van der Waals surface area contributed by atoms with Crippen LogP contribution in [-0.4, -0.2) is 44.8 Å². The number of hydrogen-bond donors (Lipinski definition) is 1. The van der Waals surface area contributed by atoms with Gasteiger partial charge in [-0.25, -0.2) is 8.42 Å². The number of nitrogens with zero attached hydrogens (tertiary/aromatic N) is 4. The molecule has 0 spiro atoms. The molecule has 11 heteroatoms. The van der Waals surface area contributed by atoms with E-state index in [0.717, 1.165) is 9.87 Å². The van der Waals surface area contributed by atoms with Crippen LogP contribution >= 0.6 is 0 Å². The van der Waals surface area contributed by atoms with Crippen molar-refractivity contribution in [3.63, 3.8) is 0 Å². The Morgan fingerprint density at radius 2 is 1.68 bits per heavy atom. The minimum absolute atomic E-state index is 0.0952. The number of rotatable bonds is 8. The topological polar surface area (TPSA) is 123 Å². The molecular weight excluding hydrogens is 496 g/mol. The number of benzene rings is 3. The molecule has 0 aliphatic heterocycles. The molecule has 0 saturated heterocycles. The van der Waals surface area contributed by atoms with Gasteiger partial charge in [0.2, 0.25) is 5.88 Å². The number of aromatic nitrogens is 1. The van der Waals surface area contributed by atoms with Gasteiger partial charge in [0, 0.05) is 18.5 Å². The van der Waals surface area contributed by atoms with E-state index in [0.29, 0.717) is 16.7 Å². The first-order valence-electron chi connectivity index (χ1n) is 11.2. The average Bonchev–Trinajstić information content (AvgIpc) is 3.15. The summed E-state index contributed by atoms with van der Waals surface area (Å²) in [6.45, 7) is 1.25. The van der Waals surface area contributed by atoms with Crippen LogP contribution in [-0.2, 0) is 21.9 Å². The summed E-state index contributed by atoms with van der Waals surface area (Å²) in [5.41, 5.74) is 2.02. The van der Waals surface area contributed by atoms with Crippen LogP contribution in [0.3, 0.4) is 0 Å². The number of anilines is 1. The number of fused-ring (bicyclic) bond motifs is 1. The van der Waals surface area contributed by atoms with Gasteiger partial charge >= 0.3 is 0 Å². The van der Waals surface area contributed by atoms with Gasteiger partial charge in [0.15, 0.2) is 17.2 Å². The highest BCUT2D eigenvalue weighted by atomic mass is 32.2. The molecule has 4 aromatic rings. The summed E-state index contributed by atoms with van der Waals surface area (Å²) in [5, 5.41) is 18.8. The Bertz CT molecular complexity index is 1590. The Morgan fingerprint density at radius 3 is 2.35 bits per heavy atom. The molecule has 192 valence electrons. The van der Waals surface area contributed by atoms with Crippen molar-refractivity contribution in [1.29, 1.82) is 0 Å². The van der Waals surface area contributed by atoms with Gasteiger partial charge in [0.05, 0.1) is 30.3 Å². The van der Waals surface area contributed by atoms with Gasteiger partial charge in [0.25, 0.3) is 15.9 Å². The third-order valence-electron chi connectivity index (χ3n) is 5.86. The van der Waals surface area contributed by atoms with Crippen LogP contribution in [0, 0.1) is 6.92 Å². The fraction of sp³-hybridized carbons (Fsp3) is 0.192. The van der Waals surface area contributed by atoms with Gasteiger partial charge in [-0.1, -0.05) is 35.9 Å². The molecule has 0 radical (unpaired) electrons. The van der Waals surface area contributed by atoms with Crippen molar-refractivity contribution in [3.05, 3.63) is 72.3 Å². The van der Waals surface area contributed by atoms with E-state index < -0.39 is 22.5 Å². The molecule has 37 heavy (non-hydrogen) atoms. The number of amides is 1. The molecule has 1 aromatic heterocycles. The fourth-order valence-electron chi connectivity index (χ4n) is 3.85. The fourth-order valence-corrected chi connectivity index (χ4v) is 5.28. The van der Waals surface area contributed by atoms with Crippen molar-refractivity contribution < 1.29 is 27.8 Å². The zero-order valence-corrected chi connectivity index (χ0v) is 21.6. The number of aryl methyl sites for hydroxylation is 2. The predicted octanol–water partition coefficient (Wildman–Crippen LogP) is 4.72. The largest absolute Gasteiger partial charge is 0.493 e. The molecule has 4 rings (SSSR count). The Balaban J connectivity index is 1.71. The first-order valence-corrected chi connectivity index (χ1v) is 12.6. The summed E-state index contributed by atoms with van der Waals surface area (Å²) >= 11 is 0. The molecule has 0 aliphatic rings. The normalized spacial score (nSPS) is 11.7. The lowest BCUT2D eigenvalue weighted by Gasteiger charge is -2.23. The number of para-hydroxylation sites is 1. The van der Waals surface area contributed by atoms with Crippen LogP contribution in [0.2, 0.25) is 0 Å². The van der Waals surface area contributed by atoms with Crippen molar-refractivity contribution in [2.24, 2.45) is 17.3 Å². The SMILES string of the molecule is COc1ccc(S(=O)(=O)N(CC(=O)N=Nc2c(O)n(C)c3ccccc23)c2ccc(C)cc2)cc1OC. The second kappa shape index (κ2) is 10.3. The van der Waals surface area contributed by atoms with Crippen molar-refractivity contribution in [1.82, 2.24) is 4.57 Å². The maximum atomic E-state index is 13.7. The highest BCUT2D eigenvalue weighted by molar-refractivity contribution is 7.92. The third kappa shape index (κ3) is 4.98. The number of sulfonamides is 1. The lowest BCUT2D eigenvalue weighted by Crippen LogP contribution is -2.35. The number of hydrogen-bond acceptors (Lipinski definition) is 7. The van der Waals surface area contributed by atoms with Crippen LogP contribution in [0.4, 0.5) is 11.4 Å². The van der Waals surface area contributed by atoms with E-state index in [1.54, 1.807) is 49.5 Å². The number of ether oxygens (including phenoxy) is 2. The molecule has 1 amide bonds. The minimum Gasteiger partial charge on any atom is -0.493 e. The van der Waals surface area contributed by atoms with Crippen molar-refractivity contribution >= 4 is 38.2 Å². The zero-order chi connectivity index (χ0) is 26.7. The molecule has 1 heterocycles. The second-order valence-corrected chi connectivity index (χ2v) is 10.1. The molecule has 0 atom stereocenters. The molecule has 10 nitrogen and oxygen atoms in total. The molecule has 0 saturated carbocycles. The minimum atomic E-state index is -4.22. The first-order chi connectivity index (χ1) is 17.7. The second-order valence-electron chi connectivity index (χ2n) is 8.21. The van der Waals surface area contributed by atoms with E-state index in [1.165, 1.54) is 37.0 Å². The summed E-state index contributed by atoms with van der Waals surface area (Å²) in [7, 11) is 0.288. The lowest BCUT2D eigenvalue weighted by atomic mass is 10.2. The highest BCUT2D eigenvalue weighted by Crippen LogP contribution is 2.38. The smallest absolute Gasteiger partial charge is 0.285 e. The Kier molecular flexibility index (Phi) is 7.16. The molecule has 0 unspecified atom stereocenters. The van der Waals surface area contributed by atoms with Crippen LogP contribution in [0.1, 0.15) is 5.56 Å². The van der Waals surface area contributed by atoms with Gasteiger partial charge < -0.3 is 19.1 Å². The Morgan fingerprint density at radius 1 is 1.00 bits per heavy atom. The van der Waals surface area contributed by atoms with E-state index in [1.807, 2.05) is 13.0 Å². The summed E-state index contributed by atoms with van der Waals surface area (Å²) < 4.78 is 40.3. The number of azo groups is 1. The van der Waals surface area contributed by atoms with E-state index in [-0.39, 0.29) is 27.9 Å². The summed E-state index contributed by atoms with van der Waals surface area (Å²) in [6.07, 6.45) is 0. The number of aromatic hydroxyl groups is 1.